The first-order valence-electron chi connectivity index (χ1n) is 9.69. The molecule has 3 rings (SSSR count). The fourth-order valence-electron chi connectivity index (χ4n) is 4.40. The SMILES string of the molecule is CC(C)C1(O)CCC2(CCN(c3ccc(C(O)C(C)(F)F)cc3)C2=O)CC1. The van der Waals surface area contributed by atoms with Gasteiger partial charge in [0.05, 0.1) is 11.0 Å². The van der Waals surface area contributed by atoms with Crippen LogP contribution in [-0.2, 0) is 4.79 Å². The van der Waals surface area contributed by atoms with E-state index in [1.54, 1.807) is 17.0 Å². The van der Waals surface area contributed by atoms with Crippen molar-refractivity contribution in [2.45, 2.75) is 70.5 Å². The van der Waals surface area contributed by atoms with Crippen LogP contribution in [0.5, 0.6) is 0 Å². The summed E-state index contributed by atoms with van der Waals surface area (Å²) >= 11 is 0. The average molecular weight is 381 g/mol. The van der Waals surface area contributed by atoms with Crippen molar-refractivity contribution in [1.82, 2.24) is 0 Å². The Kier molecular flexibility index (Phi) is 5.10. The van der Waals surface area contributed by atoms with Crippen molar-refractivity contribution in [3.05, 3.63) is 29.8 Å². The van der Waals surface area contributed by atoms with Crippen LogP contribution in [0.1, 0.15) is 64.5 Å². The van der Waals surface area contributed by atoms with Crippen LogP contribution in [0, 0.1) is 11.3 Å². The zero-order valence-electron chi connectivity index (χ0n) is 16.2. The van der Waals surface area contributed by atoms with E-state index in [-0.39, 0.29) is 17.4 Å². The van der Waals surface area contributed by atoms with Gasteiger partial charge in [-0.3, -0.25) is 4.79 Å². The van der Waals surface area contributed by atoms with Crippen LogP contribution >= 0.6 is 0 Å². The third-order valence-corrected chi connectivity index (χ3v) is 6.66. The summed E-state index contributed by atoms with van der Waals surface area (Å²) in [5, 5.41) is 20.4. The Labute approximate surface area is 159 Å². The Morgan fingerprint density at radius 1 is 1.07 bits per heavy atom. The molecule has 1 unspecified atom stereocenters. The number of hydrogen-bond acceptors (Lipinski definition) is 3. The first kappa shape index (κ1) is 20.2. The van der Waals surface area contributed by atoms with Crippen molar-refractivity contribution >= 4 is 11.6 Å². The molecule has 2 fully saturated rings. The fraction of sp³-hybridized carbons (Fsp3) is 0.667. The predicted octanol–water partition coefficient (Wildman–Crippen LogP) is 4.06. The molecule has 0 radical (unpaired) electrons. The van der Waals surface area contributed by atoms with Crippen molar-refractivity contribution < 1.29 is 23.8 Å². The Morgan fingerprint density at radius 2 is 1.63 bits per heavy atom. The topological polar surface area (TPSA) is 60.8 Å². The Bertz CT molecular complexity index is 688. The maximum Gasteiger partial charge on any atom is 0.274 e. The summed E-state index contributed by atoms with van der Waals surface area (Å²) in [6.45, 7) is 5.29. The average Bonchev–Trinajstić information content (AvgIpc) is 2.93. The lowest BCUT2D eigenvalue weighted by Crippen LogP contribution is -2.46. The van der Waals surface area contributed by atoms with Crippen LogP contribution in [0.3, 0.4) is 0 Å². The number of nitrogens with zero attached hydrogens (tertiary/aromatic N) is 1. The number of halogens is 2. The van der Waals surface area contributed by atoms with E-state index >= 15 is 0 Å². The molecule has 0 bridgehead atoms. The molecule has 27 heavy (non-hydrogen) atoms. The molecule has 1 atom stereocenters. The van der Waals surface area contributed by atoms with Gasteiger partial charge in [-0.05, 0) is 55.7 Å². The highest BCUT2D eigenvalue weighted by Crippen LogP contribution is 2.50. The minimum atomic E-state index is -3.22. The zero-order valence-corrected chi connectivity index (χ0v) is 16.2. The minimum Gasteiger partial charge on any atom is -0.390 e. The molecule has 1 aliphatic carbocycles. The van der Waals surface area contributed by atoms with Gasteiger partial charge in [0, 0.05) is 19.2 Å². The van der Waals surface area contributed by atoms with Crippen LogP contribution < -0.4 is 4.90 Å². The fourth-order valence-corrected chi connectivity index (χ4v) is 4.40. The van der Waals surface area contributed by atoms with E-state index < -0.39 is 23.0 Å². The molecule has 1 amide bonds. The Hall–Kier alpha value is -1.53. The predicted molar refractivity (Wildman–Crippen MR) is 99.7 cm³/mol. The first-order valence-corrected chi connectivity index (χ1v) is 9.69. The quantitative estimate of drug-likeness (QED) is 0.827. The van der Waals surface area contributed by atoms with Gasteiger partial charge < -0.3 is 15.1 Å². The highest BCUT2D eigenvalue weighted by molar-refractivity contribution is 6.00. The summed E-state index contributed by atoms with van der Waals surface area (Å²) in [5.74, 6) is -3.00. The van der Waals surface area contributed by atoms with E-state index in [0.717, 1.165) is 6.42 Å². The first-order chi connectivity index (χ1) is 12.5. The zero-order chi connectivity index (χ0) is 20.0. The van der Waals surface area contributed by atoms with Gasteiger partial charge in [0.25, 0.3) is 5.92 Å². The van der Waals surface area contributed by atoms with E-state index in [1.807, 2.05) is 13.8 Å². The molecule has 150 valence electrons. The third kappa shape index (κ3) is 3.61. The van der Waals surface area contributed by atoms with E-state index in [9.17, 15) is 23.8 Å². The highest BCUT2D eigenvalue weighted by atomic mass is 19.3. The summed E-state index contributed by atoms with van der Waals surface area (Å²) in [6.07, 6.45) is 1.49. The summed E-state index contributed by atoms with van der Waals surface area (Å²) in [7, 11) is 0. The number of rotatable bonds is 4. The van der Waals surface area contributed by atoms with Crippen LogP contribution in [0.2, 0.25) is 0 Å². The number of alkyl halides is 2. The second-order valence-corrected chi connectivity index (χ2v) is 8.70. The Morgan fingerprint density at radius 3 is 2.11 bits per heavy atom. The number of hydrogen-bond donors (Lipinski definition) is 2. The molecule has 1 aromatic carbocycles. The van der Waals surface area contributed by atoms with Gasteiger partial charge in [-0.1, -0.05) is 26.0 Å². The summed E-state index contributed by atoms with van der Waals surface area (Å²) in [4.78, 5) is 14.8. The van der Waals surface area contributed by atoms with Gasteiger partial charge >= 0.3 is 0 Å². The number of aliphatic hydroxyl groups is 2. The van der Waals surface area contributed by atoms with E-state index in [1.165, 1.54) is 12.1 Å². The van der Waals surface area contributed by atoms with Gasteiger partial charge in [-0.25, -0.2) is 8.78 Å². The van der Waals surface area contributed by atoms with Gasteiger partial charge in [-0.15, -0.1) is 0 Å². The number of amides is 1. The molecular weight excluding hydrogens is 352 g/mol. The van der Waals surface area contributed by atoms with E-state index in [2.05, 4.69) is 0 Å². The molecular formula is C21H29F2NO3. The van der Waals surface area contributed by atoms with Crippen molar-refractivity contribution in [3.8, 4) is 0 Å². The Balaban J connectivity index is 1.73. The lowest BCUT2D eigenvalue weighted by molar-refractivity contribution is -0.132. The second-order valence-electron chi connectivity index (χ2n) is 8.70. The van der Waals surface area contributed by atoms with Crippen LogP contribution in [0.25, 0.3) is 0 Å². The molecule has 4 nitrogen and oxygen atoms in total. The normalized spacial score (nSPS) is 30.4. The third-order valence-electron chi connectivity index (χ3n) is 6.66. The monoisotopic (exact) mass is 381 g/mol. The van der Waals surface area contributed by atoms with Gasteiger partial charge in [0.1, 0.15) is 6.10 Å². The molecule has 1 heterocycles. The van der Waals surface area contributed by atoms with Gasteiger partial charge in [0.15, 0.2) is 0 Å². The summed E-state index contributed by atoms with van der Waals surface area (Å²) in [5.41, 5.74) is -0.318. The molecule has 1 aliphatic heterocycles. The maximum atomic E-state index is 13.3. The van der Waals surface area contributed by atoms with Crippen LogP contribution in [0.4, 0.5) is 14.5 Å². The number of benzene rings is 1. The van der Waals surface area contributed by atoms with Crippen molar-refractivity contribution in [2.75, 3.05) is 11.4 Å². The standard InChI is InChI=1S/C21H29F2NO3/c1-14(2)21(27)10-8-20(9-11-21)12-13-24(18(20)26)16-6-4-15(5-7-16)17(25)19(3,22)23/h4-7,14,17,25,27H,8-13H2,1-3H3. The van der Waals surface area contributed by atoms with Gasteiger partial charge in [0.2, 0.25) is 5.91 Å². The van der Waals surface area contributed by atoms with Crippen LogP contribution in [-0.4, -0.2) is 34.2 Å². The molecule has 1 spiro atoms. The summed E-state index contributed by atoms with van der Waals surface area (Å²) in [6, 6.07) is 6.14. The molecule has 2 aliphatic rings. The number of carbonyl (C=O) groups excluding carboxylic acids is 1. The largest absolute Gasteiger partial charge is 0.390 e. The molecule has 1 saturated carbocycles. The minimum absolute atomic E-state index is 0.0578. The smallest absolute Gasteiger partial charge is 0.274 e. The van der Waals surface area contributed by atoms with Crippen molar-refractivity contribution in [2.24, 2.45) is 11.3 Å². The van der Waals surface area contributed by atoms with Crippen LogP contribution in [0.15, 0.2) is 24.3 Å². The lowest BCUT2D eigenvalue weighted by Gasteiger charge is -2.43. The number of carbonyl (C=O) groups is 1. The molecule has 6 heteroatoms. The number of anilines is 1. The summed E-state index contributed by atoms with van der Waals surface area (Å²) < 4.78 is 26.6. The van der Waals surface area contributed by atoms with E-state index in [4.69, 9.17) is 0 Å². The van der Waals surface area contributed by atoms with Crippen molar-refractivity contribution in [1.29, 1.82) is 0 Å². The van der Waals surface area contributed by atoms with Gasteiger partial charge in [-0.2, -0.15) is 0 Å². The number of aliphatic hydroxyl groups excluding tert-OH is 1. The van der Waals surface area contributed by atoms with E-state index in [0.29, 0.717) is 44.8 Å². The molecule has 1 saturated heterocycles. The highest BCUT2D eigenvalue weighted by Gasteiger charge is 2.52. The molecule has 1 aromatic rings. The second kappa shape index (κ2) is 6.82. The lowest BCUT2D eigenvalue weighted by atomic mass is 9.65. The maximum absolute atomic E-state index is 13.3. The molecule has 0 aromatic heterocycles. The van der Waals surface area contributed by atoms with Crippen molar-refractivity contribution in [3.63, 3.8) is 0 Å². The molecule has 2 N–H and O–H groups in total.